The molecule has 0 aliphatic carbocycles. The topological polar surface area (TPSA) is 97.6 Å². The van der Waals surface area contributed by atoms with Crippen molar-refractivity contribution >= 4 is 28.9 Å². The van der Waals surface area contributed by atoms with Crippen molar-refractivity contribution in [3.8, 4) is 0 Å². The molecule has 1 aromatic heterocycles. The number of carbonyl (C=O) groups excluding carboxylic acids is 3. The molecule has 2 aromatic rings. The second-order valence-corrected chi connectivity index (χ2v) is 5.31. The molecule has 0 radical (unpaired) electrons. The molecule has 0 fully saturated rings. The third-order valence-electron chi connectivity index (χ3n) is 2.94. The van der Waals surface area contributed by atoms with Crippen molar-refractivity contribution in [2.75, 3.05) is 0 Å². The monoisotopic (exact) mass is 318 g/mol. The van der Waals surface area contributed by atoms with E-state index < -0.39 is 24.0 Å². The summed E-state index contributed by atoms with van der Waals surface area (Å²) in [6, 6.07) is 7.89. The number of para-hydroxylation sites is 1. The van der Waals surface area contributed by atoms with Gasteiger partial charge in [0.25, 0.3) is 5.91 Å². The van der Waals surface area contributed by atoms with Crippen LogP contribution in [-0.4, -0.2) is 30.1 Å². The molecule has 122 valence electrons. The highest BCUT2D eigenvalue weighted by atomic mass is 16.6. The summed E-state index contributed by atoms with van der Waals surface area (Å²) in [6.45, 7) is 4.89. The third kappa shape index (κ3) is 4.32. The van der Waals surface area contributed by atoms with Gasteiger partial charge in [-0.25, -0.2) is 9.59 Å². The second-order valence-electron chi connectivity index (χ2n) is 5.31. The number of rotatable bonds is 4. The highest BCUT2D eigenvalue weighted by molar-refractivity contribution is 5.98. The van der Waals surface area contributed by atoms with Crippen molar-refractivity contribution in [3.05, 3.63) is 36.1 Å². The number of nitrogens with one attached hydrogen (secondary N) is 2. The van der Waals surface area contributed by atoms with Crippen molar-refractivity contribution in [1.82, 2.24) is 10.6 Å². The summed E-state index contributed by atoms with van der Waals surface area (Å²) in [6.07, 6.45) is -1.13. The number of fused-ring (bicyclic) bond motifs is 1. The van der Waals surface area contributed by atoms with Crippen LogP contribution in [0.3, 0.4) is 0 Å². The van der Waals surface area contributed by atoms with Gasteiger partial charge in [0.15, 0.2) is 6.10 Å². The Morgan fingerprint density at radius 1 is 1.13 bits per heavy atom. The van der Waals surface area contributed by atoms with E-state index in [1.54, 1.807) is 32.0 Å². The SMILES string of the molecule is CC(C)NC(=O)NC(=O)[C@@H](C)OC(=O)c1cc2ccccc2o1. The zero-order chi connectivity index (χ0) is 17.0. The van der Waals surface area contributed by atoms with Gasteiger partial charge in [-0.1, -0.05) is 18.2 Å². The Bertz CT molecular complexity index is 702. The Morgan fingerprint density at radius 2 is 1.83 bits per heavy atom. The predicted octanol–water partition coefficient (Wildman–Crippen LogP) is 2.21. The number of esters is 1. The van der Waals surface area contributed by atoms with Crippen LogP contribution in [0.1, 0.15) is 31.3 Å². The highest BCUT2D eigenvalue weighted by Crippen LogP contribution is 2.19. The summed E-state index contributed by atoms with van der Waals surface area (Å²) in [5.41, 5.74) is 0.549. The van der Waals surface area contributed by atoms with Crippen molar-refractivity contribution in [2.24, 2.45) is 0 Å². The first kappa shape index (κ1) is 16.5. The summed E-state index contributed by atoms with van der Waals surface area (Å²) in [5.74, 6) is -1.49. The quantitative estimate of drug-likeness (QED) is 0.842. The van der Waals surface area contributed by atoms with E-state index in [2.05, 4.69) is 10.6 Å². The number of benzene rings is 1. The zero-order valence-corrected chi connectivity index (χ0v) is 13.1. The molecule has 7 nitrogen and oxygen atoms in total. The minimum absolute atomic E-state index is 0.00233. The lowest BCUT2D eigenvalue weighted by Crippen LogP contribution is -2.46. The molecular formula is C16H18N2O5. The lowest BCUT2D eigenvalue weighted by atomic mass is 10.2. The van der Waals surface area contributed by atoms with Gasteiger partial charge in [-0.2, -0.15) is 0 Å². The highest BCUT2D eigenvalue weighted by Gasteiger charge is 2.23. The fraction of sp³-hybridized carbons (Fsp3) is 0.312. The average Bonchev–Trinajstić information content (AvgIpc) is 2.90. The van der Waals surface area contributed by atoms with Gasteiger partial charge in [0.05, 0.1) is 0 Å². The number of urea groups is 1. The van der Waals surface area contributed by atoms with Crippen molar-refractivity contribution < 1.29 is 23.5 Å². The smallest absolute Gasteiger partial charge is 0.375 e. The van der Waals surface area contributed by atoms with E-state index in [-0.39, 0.29) is 11.8 Å². The first-order valence-corrected chi connectivity index (χ1v) is 7.17. The molecule has 23 heavy (non-hydrogen) atoms. The number of carbonyl (C=O) groups is 3. The summed E-state index contributed by atoms with van der Waals surface area (Å²) >= 11 is 0. The van der Waals surface area contributed by atoms with Crippen LogP contribution in [0, 0.1) is 0 Å². The molecule has 0 bridgehead atoms. The van der Waals surface area contributed by atoms with Gasteiger partial charge in [0, 0.05) is 11.4 Å². The maximum atomic E-state index is 12.0. The average molecular weight is 318 g/mol. The summed E-state index contributed by atoms with van der Waals surface area (Å²) in [4.78, 5) is 35.2. The maximum absolute atomic E-state index is 12.0. The molecule has 0 aliphatic rings. The van der Waals surface area contributed by atoms with Crippen LogP contribution < -0.4 is 10.6 Å². The van der Waals surface area contributed by atoms with Crippen molar-refractivity contribution in [3.63, 3.8) is 0 Å². The molecule has 0 aliphatic heterocycles. The van der Waals surface area contributed by atoms with Crippen LogP contribution in [0.4, 0.5) is 4.79 Å². The summed E-state index contributed by atoms with van der Waals surface area (Å²) < 4.78 is 10.4. The van der Waals surface area contributed by atoms with Crippen molar-refractivity contribution in [2.45, 2.75) is 32.9 Å². The van der Waals surface area contributed by atoms with E-state index in [0.717, 1.165) is 5.39 Å². The lowest BCUT2D eigenvalue weighted by Gasteiger charge is -2.13. The summed E-state index contributed by atoms with van der Waals surface area (Å²) in [5, 5.41) is 5.36. The number of ether oxygens (including phenoxy) is 1. The number of hydrogen-bond acceptors (Lipinski definition) is 5. The minimum atomic E-state index is -1.13. The second kappa shape index (κ2) is 6.95. The molecule has 1 heterocycles. The number of furan rings is 1. The van der Waals surface area contributed by atoms with Crippen LogP contribution >= 0.6 is 0 Å². The van der Waals surface area contributed by atoms with E-state index in [1.165, 1.54) is 13.0 Å². The fourth-order valence-corrected chi connectivity index (χ4v) is 1.87. The number of imide groups is 1. The van der Waals surface area contributed by atoms with Crippen LogP contribution in [0.25, 0.3) is 11.0 Å². The van der Waals surface area contributed by atoms with Crippen LogP contribution in [0.5, 0.6) is 0 Å². The molecule has 0 spiro atoms. The Hall–Kier alpha value is -2.83. The minimum Gasteiger partial charge on any atom is -0.449 e. The standard InChI is InChI=1S/C16H18N2O5/c1-9(2)17-16(21)18-14(19)10(3)22-15(20)13-8-11-6-4-5-7-12(11)23-13/h4-10H,1-3H3,(H2,17,18,19,21)/t10-/m1/s1. The summed E-state index contributed by atoms with van der Waals surface area (Å²) in [7, 11) is 0. The molecule has 0 unspecified atom stereocenters. The van der Waals surface area contributed by atoms with Gasteiger partial charge in [-0.3, -0.25) is 10.1 Å². The Balaban J connectivity index is 1.96. The van der Waals surface area contributed by atoms with E-state index in [0.29, 0.717) is 5.58 Å². The van der Waals surface area contributed by atoms with Gasteiger partial charge in [0.2, 0.25) is 5.76 Å². The van der Waals surface area contributed by atoms with Gasteiger partial charge in [-0.15, -0.1) is 0 Å². The van der Waals surface area contributed by atoms with Gasteiger partial charge in [0.1, 0.15) is 5.58 Å². The van der Waals surface area contributed by atoms with Crippen LogP contribution in [0.2, 0.25) is 0 Å². The zero-order valence-electron chi connectivity index (χ0n) is 13.1. The van der Waals surface area contributed by atoms with E-state index >= 15 is 0 Å². The van der Waals surface area contributed by atoms with Crippen LogP contribution in [-0.2, 0) is 9.53 Å². The van der Waals surface area contributed by atoms with Crippen molar-refractivity contribution in [1.29, 1.82) is 0 Å². The largest absolute Gasteiger partial charge is 0.449 e. The first-order chi connectivity index (χ1) is 10.9. The molecule has 0 saturated carbocycles. The third-order valence-corrected chi connectivity index (χ3v) is 2.94. The molecule has 2 N–H and O–H groups in total. The Morgan fingerprint density at radius 3 is 2.48 bits per heavy atom. The van der Waals surface area contributed by atoms with Gasteiger partial charge in [-0.05, 0) is 32.9 Å². The maximum Gasteiger partial charge on any atom is 0.375 e. The van der Waals surface area contributed by atoms with E-state index in [9.17, 15) is 14.4 Å². The Labute approximate surface area is 133 Å². The number of hydrogen-bond donors (Lipinski definition) is 2. The number of amides is 3. The normalized spacial score (nSPS) is 12.0. The van der Waals surface area contributed by atoms with Gasteiger partial charge >= 0.3 is 12.0 Å². The molecule has 0 saturated heterocycles. The van der Waals surface area contributed by atoms with Crippen LogP contribution in [0.15, 0.2) is 34.7 Å². The lowest BCUT2D eigenvalue weighted by molar-refractivity contribution is -0.128. The molecule has 1 atom stereocenters. The van der Waals surface area contributed by atoms with Gasteiger partial charge < -0.3 is 14.5 Å². The Kier molecular flexibility index (Phi) is 5.00. The molecule has 7 heteroatoms. The fourth-order valence-electron chi connectivity index (χ4n) is 1.87. The predicted molar refractivity (Wildman–Crippen MR) is 82.9 cm³/mol. The molecule has 2 rings (SSSR count). The first-order valence-electron chi connectivity index (χ1n) is 7.17. The van der Waals surface area contributed by atoms with E-state index in [4.69, 9.17) is 9.15 Å². The molecule has 1 aromatic carbocycles. The van der Waals surface area contributed by atoms with E-state index in [1.807, 2.05) is 6.07 Å². The molecular weight excluding hydrogens is 300 g/mol. The molecule has 3 amide bonds.